The zero-order chi connectivity index (χ0) is 39.3. The van der Waals surface area contributed by atoms with Crippen LogP contribution in [0.4, 0.5) is 4.79 Å². The van der Waals surface area contributed by atoms with Gasteiger partial charge in [0.15, 0.2) is 6.10 Å². The van der Waals surface area contributed by atoms with E-state index in [9.17, 15) is 33.9 Å². The van der Waals surface area contributed by atoms with Gasteiger partial charge in [0.2, 0.25) is 23.6 Å². The first-order chi connectivity index (χ1) is 25.7. The Hall–Kier alpha value is -5.76. The molecule has 288 valence electrons. The minimum absolute atomic E-state index is 0.00510. The molecule has 1 saturated heterocycles. The third-order valence-electron chi connectivity index (χ3n) is 8.74. The summed E-state index contributed by atoms with van der Waals surface area (Å²) in [6, 6.07) is 21.8. The summed E-state index contributed by atoms with van der Waals surface area (Å²) in [5.74, 6) is -3.72. The summed E-state index contributed by atoms with van der Waals surface area (Å²) in [6.07, 6.45) is -2.35. The first-order valence-electron chi connectivity index (χ1n) is 17.9. The normalized spacial score (nSPS) is 16.2. The van der Waals surface area contributed by atoms with Gasteiger partial charge in [0.05, 0.1) is 12.5 Å². The Morgan fingerprint density at radius 1 is 0.778 bits per heavy atom. The van der Waals surface area contributed by atoms with E-state index in [-0.39, 0.29) is 31.9 Å². The predicted molar refractivity (Wildman–Crippen MR) is 200 cm³/mol. The van der Waals surface area contributed by atoms with Crippen LogP contribution in [0.25, 0.3) is 0 Å². The fourth-order valence-corrected chi connectivity index (χ4v) is 6.14. The number of carbonyl (C=O) groups excluding carboxylic acids is 6. The number of rotatable bonds is 16. The lowest BCUT2D eigenvalue weighted by atomic mass is 9.98. The Morgan fingerprint density at radius 2 is 1.31 bits per heavy atom. The van der Waals surface area contributed by atoms with Gasteiger partial charge in [0.1, 0.15) is 24.7 Å². The first kappa shape index (κ1) is 41.0. The van der Waals surface area contributed by atoms with Crippen molar-refractivity contribution in [2.45, 2.75) is 95.3 Å². The maximum atomic E-state index is 13.9. The summed E-state index contributed by atoms with van der Waals surface area (Å²) in [7, 11) is 0. The van der Waals surface area contributed by atoms with Gasteiger partial charge >= 0.3 is 6.09 Å². The molecule has 0 saturated carbocycles. The predicted octanol–water partition coefficient (Wildman–Crippen LogP) is 1.88. The van der Waals surface area contributed by atoms with Crippen LogP contribution in [0, 0.1) is 0 Å². The summed E-state index contributed by atoms with van der Waals surface area (Å²) >= 11 is 0. The number of primary amides is 1. The number of benzene rings is 3. The quantitative estimate of drug-likeness (QED) is 0.127. The molecule has 0 spiro atoms. The van der Waals surface area contributed by atoms with Gasteiger partial charge in [-0.25, -0.2) is 4.79 Å². The molecule has 54 heavy (non-hydrogen) atoms. The van der Waals surface area contributed by atoms with Crippen molar-refractivity contribution < 1.29 is 38.6 Å². The molecular weight excluding hydrogens is 692 g/mol. The molecule has 1 fully saturated rings. The summed E-state index contributed by atoms with van der Waals surface area (Å²) in [5.41, 5.74) is 7.06. The number of aliphatic hydroxyl groups is 1. The lowest BCUT2D eigenvalue weighted by Crippen LogP contribution is -2.60. The molecule has 3 aromatic carbocycles. The number of nitrogens with zero attached hydrogens (tertiary/aromatic N) is 1. The van der Waals surface area contributed by atoms with E-state index in [1.807, 2.05) is 26.8 Å². The van der Waals surface area contributed by atoms with E-state index in [4.69, 9.17) is 10.5 Å². The fourth-order valence-electron chi connectivity index (χ4n) is 6.14. The van der Waals surface area contributed by atoms with E-state index in [1.54, 1.807) is 84.9 Å². The zero-order valence-corrected chi connectivity index (χ0v) is 30.8. The molecule has 14 heteroatoms. The van der Waals surface area contributed by atoms with Crippen molar-refractivity contribution in [3.8, 4) is 0 Å². The van der Waals surface area contributed by atoms with Crippen LogP contribution < -0.4 is 27.0 Å². The molecule has 0 bridgehead atoms. The Labute approximate surface area is 315 Å². The molecule has 0 aromatic heterocycles. The van der Waals surface area contributed by atoms with E-state index in [2.05, 4.69) is 21.3 Å². The minimum atomic E-state index is -1.80. The van der Waals surface area contributed by atoms with Gasteiger partial charge in [0, 0.05) is 18.5 Å². The average molecular weight is 743 g/mol. The maximum Gasteiger partial charge on any atom is 0.408 e. The van der Waals surface area contributed by atoms with Gasteiger partial charge in [-0.3, -0.25) is 24.0 Å². The second kappa shape index (κ2) is 19.4. The van der Waals surface area contributed by atoms with Crippen LogP contribution in [0.15, 0.2) is 91.0 Å². The number of nitrogens with two attached hydrogens (primary N) is 1. The van der Waals surface area contributed by atoms with Gasteiger partial charge in [-0.2, -0.15) is 0 Å². The van der Waals surface area contributed by atoms with Crippen LogP contribution in [-0.4, -0.2) is 88.0 Å². The van der Waals surface area contributed by atoms with Crippen molar-refractivity contribution in [3.05, 3.63) is 108 Å². The molecule has 6 amide bonds. The number of likely N-dealkylation sites (tertiary alicyclic amines) is 1. The topological polar surface area (TPSA) is 209 Å². The molecule has 0 aliphatic carbocycles. The smallest absolute Gasteiger partial charge is 0.408 e. The largest absolute Gasteiger partial charge is 0.445 e. The third kappa shape index (κ3) is 12.7. The van der Waals surface area contributed by atoms with Gasteiger partial charge in [-0.1, -0.05) is 91.0 Å². The maximum absolute atomic E-state index is 13.9. The van der Waals surface area contributed by atoms with Crippen molar-refractivity contribution in [3.63, 3.8) is 0 Å². The molecule has 3 aromatic rings. The fraction of sp³-hybridized carbons (Fsp3) is 0.400. The molecule has 4 rings (SSSR count). The molecule has 0 radical (unpaired) electrons. The monoisotopic (exact) mass is 742 g/mol. The Kier molecular flexibility index (Phi) is 14.7. The molecule has 14 nitrogen and oxygen atoms in total. The number of hydrogen-bond donors (Lipinski definition) is 6. The molecule has 1 heterocycles. The van der Waals surface area contributed by atoms with E-state index < -0.39 is 72.0 Å². The average Bonchev–Trinajstić information content (AvgIpc) is 3.63. The number of hydrogen-bond acceptors (Lipinski definition) is 8. The van der Waals surface area contributed by atoms with Crippen LogP contribution >= 0.6 is 0 Å². The zero-order valence-electron chi connectivity index (χ0n) is 30.8. The lowest BCUT2D eigenvalue weighted by molar-refractivity contribution is -0.147. The van der Waals surface area contributed by atoms with Crippen molar-refractivity contribution in [2.75, 3.05) is 6.54 Å². The van der Waals surface area contributed by atoms with Gasteiger partial charge in [-0.15, -0.1) is 0 Å². The minimum Gasteiger partial charge on any atom is -0.445 e. The number of amides is 6. The van der Waals surface area contributed by atoms with E-state index in [0.29, 0.717) is 24.0 Å². The number of alkyl carbamates (subject to hydrolysis) is 1. The van der Waals surface area contributed by atoms with Gasteiger partial charge < -0.3 is 41.7 Å². The third-order valence-corrected chi connectivity index (χ3v) is 8.74. The highest BCUT2D eigenvalue weighted by Crippen LogP contribution is 2.21. The number of aliphatic hydroxyl groups excluding tert-OH is 1. The summed E-state index contributed by atoms with van der Waals surface area (Å²) in [4.78, 5) is 81.0. The van der Waals surface area contributed by atoms with Crippen LogP contribution in [0.3, 0.4) is 0 Å². The van der Waals surface area contributed by atoms with Gasteiger partial charge in [-0.05, 0) is 56.7 Å². The molecule has 5 atom stereocenters. The Balaban J connectivity index is 1.53. The second-order valence-electron chi connectivity index (χ2n) is 14.4. The van der Waals surface area contributed by atoms with Crippen molar-refractivity contribution in [1.29, 1.82) is 0 Å². The van der Waals surface area contributed by atoms with Crippen LogP contribution in [0.5, 0.6) is 0 Å². The van der Waals surface area contributed by atoms with Crippen molar-refractivity contribution in [1.82, 2.24) is 26.2 Å². The highest BCUT2D eigenvalue weighted by Gasteiger charge is 2.41. The van der Waals surface area contributed by atoms with Crippen LogP contribution in [0.1, 0.15) is 56.7 Å². The van der Waals surface area contributed by atoms with E-state index in [0.717, 1.165) is 5.56 Å². The lowest BCUT2D eigenvalue weighted by Gasteiger charge is -2.32. The highest BCUT2D eigenvalue weighted by atomic mass is 16.5. The first-order valence-corrected chi connectivity index (χ1v) is 17.9. The molecule has 0 unspecified atom stereocenters. The van der Waals surface area contributed by atoms with Crippen LogP contribution in [0.2, 0.25) is 0 Å². The summed E-state index contributed by atoms with van der Waals surface area (Å²) < 4.78 is 5.34. The Morgan fingerprint density at radius 3 is 1.87 bits per heavy atom. The highest BCUT2D eigenvalue weighted by molar-refractivity contribution is 5.95. The standard InChI is InChI=1S/C40H50N6O8/c1-40(2,3)45-37(51)32-20-13-21-46(32)38(52)34(48)29(22-26-14-7-4-8-15-26)42-36(50)31(24-33(41)47)43-35(49)30(23-27-16-9-5-10-17-27)44-39(53)54-25-28-18-11-6-12-19-28/h4-12,14-19,29-32,34,48H,13,20-25H2,1-3H3,(H2,41,47)(H,42,50)(H,43,49)(H,44,53)(H,45,51)/t29-,30-,31-,32-,34-/m0/s1. The SMILES string of the molecule is CC(C)(C)NC(=O)[C@@H]1CCCN1C(=O)[C@@H](O)[C@H](Cc1ccccc1)NC(=O)[C@H](CC(N)=O)NC(=O)[C@H](Cc1ccccc1)NC(=O)OCc1ccccc1. The van der Waals surface area contributed by atoms with Gasteiger partial charge in [0.25, 0.3) is 5.91 Å². The number of nitrogens with one attached hydrogen (secondary N) is 4. The molecular formula is C40H50N6O8. The number of carbonyl (C=O) groups is 6. The van der Waals surface area contributed by atoms with Crippen molar-refractivity contribution in [2.24, 2.45) is 5.73 Å². The second-order valence-corrected chi connectivity index (χ2v) is 14.4. The van der Waals surface area contributed by atoms with E-state index >= 15 is 0 Å². The van der Waals surface area contributed by atoms with Crippen molar-refractivity contribution >= 4 is 35.6 Å². The molecule has 1 aliphatic rings. The van der Waals surface area contributed by atoms with E-state index in [1.165, 1.54) is 4.90 Å². The Bertz CT molecular complexity index is 1740. The number of ether oxygens (including phenoxy) is 1. The summed E-state index contributed by atoms with van der Waals surface area (Å²) in [6.45, 7) is 5.65. The summed E-state index contributed by atoms with van der Waals surface area (Å²) in [5, 5.41) is 22.2. The van der Waals surface area contributed by atoms with Crippen LogP contribution in [-0.2, 0) is 48.2 Å². The molecule has 7 N–H and O–H groups in total. The molecule has 1 aliphatic heterocycles.